The summed E-state index contributed by atoms with van der Waals surface area (Å²) in [4.78, 5) is 11.8. The molecule has 92 valence electrons. The minimum absolute atomic E-state index is 0.0962. The van der Waals surface area contributed by atoms with Crippen LogP contribution in [0.2, 0.25) is 0 Å². The second-order valence-electron chi connectivity index (χ2n) is 4.69. The number of nitrogens with zero attached hydrogens (tertiary/aromatic N) is 2. The van der Waals surface area contributed by atoms with Gasteiger partial charge in [-0.05, 0) is 19.4 Å². The molecular weight excluding hydrogens is 202 g/mol. The van der Waals surface area contributed by atoms with Crippen LogP contribution in [0.1, 0.15) is 27.7 Å². The molecule has 0 bridgehead atoms. The first-order valence-electron chi connectivity index (χ1n) is 6.03. The van der Waals surface area contributed by atoms with Crippen LogP contribution in [0.5, 0.6) is 0 Å². The number of nitrogens with one attached hydrogen (secondary N) is 1. The van der Waals surface area contributed by atoms with E-state index in [0.717, 1.165) is 19.6 Å². The first-order chi connectivity index (χ1) is 7.54. The molecular formula is C12H23N3O. The third kappa shape index (κ3) is 3.52. The Hall–Kier alpha value is -1.03. The van der Waals surface area contributed by atoms with Gasteiger partial charge in [0.25, 0.3) is 0 Å². The summed E-state index contributed by atoms with van der Waals surface area (Å²) in [7, 11) is 0. The second-order valence-corrected chi connectivity index (χ2v) is 4.69. The normalized spacial score (nSPS) is 13.3. The van der Waals surface area contributed by atoms with E-state index in [4.69, 9.17) is 0 Å². The van der Waals surface area contributed by atoms with Crippen molar-refractivity contribution < 1.29 is 0 Å². The highest BCUT2D eigenvalue weighted by Gasteiger charge is 2.07. The molecule has 0 aromatic carbocycles. The summed E-state index contributed by atoms with van der Waals surface area (Å²) in [6.45, 7) is 10.9. The van der Waals surface area contributed by atoms with Gasteiger partial charge in [0.05, 0.1) is 0 Å². The van der Waals surface area contributed by atoms with Crippen molar-refractivity contribution in [1.82, 2.24) is 14.5 Å². The summed E-state index contributed by atoms with van der Waals surface area (Å²) in [5.74, 6) is 0.466. The van der Waals surface area contributed by atoms with Crippen LogP contribution in [-0.2, 0) is 13.1 Å². The molecule has 0 radical (unpaired) electrons. The van der Waals surface area contributed by atoms with Gasteiger partial charge in [0.1, 0.15) is 0 Å². The summed E-state index contributed by atoms with van der Waals surface area (Å²) < 4.78 is 3.51. The zero-order chi connectivity index (χ0) is 12.1. The summed E-state index contributed by atoms with van der Waals surface area (Å²) >= 11 is 0. The lowest BCUT2D eigenvalue weighted by molar-refractivity contribution is 0.417. The average molecular weight is 225 g/mol. The summed E-state index contributed by atoms with van der Waals surface area (Å²) in [6, 6.07) is 0.499. The standard InChI is InChI=1S/C12H23N3O/c1-5-14-6-7-15(12(14)16)9-11(4)8-13-10(2)3/h6-7,10-11,13H,5,8-9H2,1-4H3. The van der Waals surface area contributed by atoms with Gasteiger partial charge in [-0.15, -0.1) is 0 Å². The summed E-state index contributed by atoms with van der Waals surface area (Å²) in [5, 5.41) is 3.38. The van der Waals surface area contributed by atoms with Gasteiger partial charge in [-0.2, -0.15) is 0 Å². The zero-order valence-corrected chi connectivity index (χ0v) is 10.7. The van der Waals surface area contributed by atoms with Crippen molar-refractivity contribution in [2.45, 2.75) is 46.8 Å². The lowest BCUT2D eigenvalue weighted by Crippen LogP contribution is -2.32. The van der Waals surface area contributed by atoms with Crippen molar-refractivity contribution in [2.75, 3.05) is 6.54 Å². The molecule has 0 spiro atoms. The molecule has 1 rings (SSSR count). The molecule has 1 aromatic heterocycles. The van der Waals surface area contributed by atoms with Crippen molar-refractivity contribution in [3.63, 3.8) is 0 Å². The molecule has 1 aromatic rings. The van der Waals surface area contributed by atoms with Crippen LogP contribution < -0.4 is 11.0 Å². The van der Waals surface area contributed by atoms with Crippen molar-refractivity contribution in [3.05, 3.63) is 22.9 Å². The third-order valence-electron chi connectivity index (χ3n) is 2.64. The quantitative estimate of drug-likeness (QED) is 0.792. The molecule has 16 heavy (non-hydrogen) atoms. The maximum Gasteiger partial charge on any atom is 0.328 e. The Balaban J connectivity index is 2.53. The number of imidazole rings is 1. The predicted octanol–water partition coefficient (Wildman–Crippen LogP) is 1.30. The summed E-state index contributed by atoms with van der Waals surface area (Å²) in [6.07, 6.45) is 3.72. The molecule has 0 saturated carbocycles. The molecule has 0 aliphatic carbocycles. The van der Waals surface area contributed by atoms with Gasteiger partial charge in [-0.25, -0.2) is 4.79 Å². The number of aryl methyl sites for hydroxylation is 1. The van der Waals surface area contributed by atoms with Crippen LogP contribution in [0.4, 0.5) is 0 Å². The van der Waals surface area contributed by atoms with Crippen molar-refractivity contribution in [2.24, 2.45) is 5.92 Å². The molecule has 1 heterocycles. The monoisotopic (exact) mass is 225 g/mol. The maximum atomic E-state index is 11.8. The van der Waals surface area contributed by atoms with Crippen molar-refractivity contribution in [1.29, 1.82) is 0 Å². The van der Waals surface area contributed by atoms with Gasteiger partial charge in [-0.1, -0.05) is 20.8 Å². The highest BCUT2D eigenvalue weighted by atomic mass is 16.1. The smallest absolute Gasteiger partial charge is 0.314 e. The fraction of sp³-hybridized carbons (Fsp3) is 0.750. The van der Waals surface area contributed by atoms with E-state index >= 15 is 0 Å². The largest absolute Gasteiger partial charge is 0.328 e. The molecule has 0 amide bonds. The van der Waals surface area contributed by atoms with Crippen LogP contribution in [0.25, 0.3) is 0 Å². The van der Waals surface area contributed by atoms with E-state index < -0.39 is 0 Å². The van der Waals surface area contributed by atoms with E-state index in [1.54, 1.807) is 9.13 Å². The van der Waals surface area contributed by atoms with Crippen LogP contribution in [0, 0.1) is 5.92 Å². The van der Waals surface area contributed by atoms with E-state index in [1.165, 1.54) is 0 Å². The van der Waals surface area contributed by atoms with Crippen LogP contribution in [0.3, 0.4) is 0 Å². The molecule has 0 aliphatic rings. The Labute approximate surface area is 97.3 Å². The Kier molecular flexibility index (Phi) is 4.80. The highest BCUT2D eigenvalue weighted by molar-refractivity contribution is 4.81. The average Bonchev–Trinajstić information content (AvgIpc) is 2.57. The number of hydrogen-bond donors (Lipinski definition) is 1. The predicted molar refractivity (Wildman–Crippen MR) is 66.7 cm³/mol. The van der Waals surface area contributed by atoms with E-state index in [-0.39, 0.29) is 5.69 Å². The van der Waals surface area contributed by atoms with Crippen LogP contribution in [0.15, 0.2) is 17.2 Å². The van der Waals surface area contributed by atoms with E-state index in [9.17, 15) is 4.79 Å². The molecule has 1 atom stereocenters. The maximum absolute atomic E-state index is 11.8. The van der Waals surface area contributed by atoms with Gasteiger partial charge in [-0.3, -0.25) is 9.13 Å². The fourth-order valence-corrected chi connectivity index (χ4v) is 1.67. The lowest BCUT2D eigenvalue weighted by Gasteiger charge is -2.14. The van der Waals surface area contributed by atoms with Gasteiger partial charge >= 0.3 is 5.69 Å². The van der Waals surface area contributed by atoms with E-state index in [0.29, 0.717) is 12.0 Å². The Bertz CT molecular complexity index is 365. The number of aromatic nitrogens is 2. The van der Waals surface area contributed by atoms with E-state index in [1.807, 2.05) is 19.3 Å². The first kappa shape index (κ1) is 13.0. The third-order valence-corrected chi connectivity index (χ3v) is 2.64. The SMILES string of the molecule is CCn1ccn(CC(C)CNC(C)C)c1=O. The topological polar surface area (TPSA) is 39.0 Å². The molecule has 0 aliphatic heterocycles. The van der Waals surface area contributed by atoms with Gasteiger partial charge in [0, 0.05) is 31.5 Å². The Morgan fingerprint density at radius 2 is 1.88 bits per heavy atom. The van der Waals surface area contributed by atoms with Crippen molar-refractivity contribution >= 4 is 0 Å². The molecule has 4 nitrogen and oxygen atoms in total. The molecule has 0 saturated heterocycles. The van der Waals surface area contributed by atoms with E-state index in [2.05, 4.69) is 26.1 Å². The van der Waals surface area contributed by atoms with Crippen LogP contribution in [-0.4, -0.2) is 21.7 Å². The molecule has 0 fully saturated rings. The minimum Gasteiger partial charge on any atom is -0.314 e. The fourth-order valence-electron chi connectivity index (χ4n) is 1.67. The molecule has 4 heteroatoms. The zero-order valence-electron chi connectivity index (χ0n) is 10.7. The number of hydrogen-bond acceptors (Lipinski definition) is 2. The molecule has 1 N–H and O–H groups in total. The minimum atomic E-state index is 0.0962. The summed E-state index contributed by atoms with van der Waals surface area (Å²) in [5.41, 5.74) is 0.0962. The highest BCUT2D eigenvalue weighted by Crippen LogP contribution is 1.98. The molecule has 1 unspecified atom stereocenters. The Morgan fingerprint density at radius 1 is 1.25 bits per heavy atom. The second kappa shape index (κ2) is 5.89. The van der Waals surface area contributed by atoms with Gasteiger partial charge in [0.2, 0.25) is 0 Å². The first-order valence-corrected chi connectivity index (χ1v) is 6.03. The number of rotatable bonds is 6. The van der Waals surface area contributed by atoms with Gasteiger partial charge in [0.15, 0.2) is 0 Å². The van der Waals surface area contributed by atoms with Crippen LogP contribution >= 0.6 is 0 Å². The van der Waals surface area contributed by atoms with Gasteiger partial charge < -0.3 is 5.32 Å². The lowest BCUT2D eigenvalue weighted by atomic mass is 10.1. The van der Waals surface area contributed by atoms with Crippen molar-refractivity contribution in [3.8, 4) is 0 Å². The Morgan fingerprint density at radius 3 is 2.38 bits per heavy atom.